The molecule has 2 aliphatic heterocycles. The van der Waals surface area contributed by atoms with Crippen LogP contribution in [0.1, 0.15) is 44.6 Å². The van der Waals surface area contributed by atoms with Crippen LogP contribution in [0.3, 0.4) is 0 Å². The molecule has 3 aliphatic rings. The summed E-state index contributed by atoms with van der Waals surface area (Å²) in [6.07, 6.45) is 5.39. The second-order valence-electron chi connectivity index (χ2n) is 8.97. The van der Waals surface area contributed by atoms with E-state index in [1.165, 1.54) is 18.2 Å². The van der Waals surface area contributed by atoms with Crippen molar-refractivity contribution in [1.29, 1.82) is 5.26 Å². The van der Waals surface area contributed by atoms with Crippen LogP contribution in [0.15, 0.2) is 56.2 Å². The summed E-state index contributed by atoms with van der Waals surface area (Å²) in [7, 11) is 3.65. The number of nitriles is 1. The van der Waals surface area contributed by atoms with Crippen LogP contribution < -0.4 is 15.0 Å². The third kappa shape index (κ3) is 4.56. The molecule has 1 N–H and O–H groups in total. The topological polar surface area (TPSA) is 81.0 Å². The lowest BCUT2D eigenvalue weighted by molar-refractivity contribution is -0.124. The highest BCUT2D eigenvalue weighted by Gasteiger charge is 2.42. The Bertz CT molecular complexity index is 1290. The number of fused-ring (bicyclic) bond motifs is 1. The van der Waals surface area contributed by atoms with Gasteiger partial charge >= 0.3 is 0 Å². The normalized spacial score (nSPS) is 21.2. The van der Waals surface area contributed by atoms with E-state index in [2.05, 4.69) is 16.3 Å². The summed E-state index contributed by atoms with van der Waals surface area (Å²) < 4.78 is 5.42. The number of benzene rings is 2. The van der Waals surface area contributed by atoms with E-state index in [9.17, 15) is 10.1 Å². The lowest BCUT2D eigenvalue weighted by atomic mass is 9.94. The Morgan fingerprint density at radius 2 is 1.97 bits per heavy atom. The SMILES string of the molecule is CCNc1ccc(C#N)cc1N=C1S/C(=C2\Sc3ccc(OC)cc3N2C)C(=O)N1C1CCCCC1. The van der Waals surface area contributed by atoms with Crippen molar-refractivity contribution < 1.29 is 9.53 Å². The fraction of sp³-hybridized carbons (Fsp3) is 0.370. The molecule has 0 aromatic heterocycles. The molecule has 2 aromatic rings. The Morgan fingerprint density at radius 1 is 1.17 bits per heavy atom. The molecule has 2 fully saturated rings. The maximum Gasteiger partial charge on any atom is 0.269 e. The summed E-state index contributed by atoms with van der Waals surface area (Å²) in [4.78, 5) is 24.8. The van der Waals surface area contributed by atoms with Crippen LogP contribution in [-0.4, -0.2) is 42.7 Å². The number of carbonyl (C=O) groups is 1. The van der Waals surface area contributed by atoms with E-state index in [0.717, 1.165) is 59.3 Å². The summed E-state index contributed by atoms with van der Waals surface area (Å²) in [6.45, 7) is 2.76. The lowest BCUT2D eigenvalue weighted by Gasteiger charge is -2.30. The molecule has 186 valence electrons. The summed E-state index contributed by atoms with van der Waals surface area (Å²) in [6, 6.07) is 13.8. The van der Waals surface area contributed by atoms with Gasteiger partial charge in [-0.25, -0.2) is 4.99 Å². The third-order valence-electron chi connectivity index (χ3n) is 6.70. The molecule has 1 saturated heterocycles. The van der Waals surface area contributed by atoms with Gasteiger partial charge in [-0.2, -0.15) is 5.26 Å². The molecular formula is C27H29N5O2S2. The number of carbonyl (C=O) groups excluding carboxylic acids is 1. The van der Waals surface area contributed by atoms with Gasteiger partial charge in [0.1, 0.15) is 10.7 Å². The molecule has 9 heteroatoms. The zero-order valence-electron chi connectivity index (χ0n) is 20.7. The standard InChI is InChI=1S/C27H29N5O2S2/c1-4-29-20-12-10-17(16-28)14-21(20)30-27-32(18-8-6-5-7-9-18)25(33)24(36-27)26-31(2)22-15-19(34-3)11-13-23(22)35-26/h10-15,18,29H,4-9H2,1-3H3/b26-24-,30-27?. The number of ether oxygens (including phenoxy) is 1. The Hall–Kier alpha value is -3.09. The van der Waals surface area contributed by atoms with Gasteiger partial charge in [0.05, 0.1) is 40.8 Å². The summed E-state index contributed by atoms with van der Waals surface area (Å²) in [5, 5.41) is 14.4. The van der Waals surface area contributed by atoms with Crippen molar-refractivity contribution in [3.63, 3.8) is 0 Å². The first-order valence-electron chi connectivity index (χ1n) is 12.3. The summed E-state index contributed by atoms with van der Waals surface area (Å²) in [5.74, 6) is 0.804. The van der Waals surface area contributed by atoms with Crippen molar-refractivity contribution in [3.8, 4) is 11.8 Å². The van der Waals surface area contributed by atoms with E-state index >= 15 is 0 Å². The fourth-order valence-electron chi connectivity index (χ4n) is 4.84. The molecule has 1 amide bonds. The number of methoxy groups -OCH3 is 1. The molecule has 0 unspecified atom stereocenters. The first-order valence-corrected chi connectivity index (χ1v) is 13.9. The quantitative estimate of drug-likeness (QED) is 0.464. The number of nitrogens with zero attached hydrogens (tertiary/aromatic N) is 4. The molecule has 0 atom stereocenters. The first kappa shape index (κ1) is 24.6. The number of amidine groups is 1. The molecule has 36 heavy (non-hydrogen) atoms. The predicted octanol–water partition coefficient (Wildman–Crippen LogP) is 6.31. The van der Waals surface area contributed by atoms with Crippen molar-refractivity contribution >= 4 is 51.7 Å². The van der Waals surface area contributed by atoms with Gasteiger partial charge in [-0.1, -0.05) is 31.0 Å². The van der Waals surface area contributed by atoms with Gasteiger partial charge < -0.3 is 15.0 Å². The number of amides is 1. The molecule has 2 heterocycles. The van der Waals surface area contributed by atoms with Gasteiger partial charge in [-0.15, -0.1) is 0 Å². The van der Waals surface area contributed by atoms with Gasteiger partial charge in [0, 0.05) is 30.6 Å². The van der Waals surface area contributed by atoms with Crippen LogP contribution in [-0.2, 0) is 4.79 Å². The highest BCUT2D eigenvalue weighted by atomic mass is 32.2. The average Bonchev–Trinajstić information content (AvgIpc) is 3.40. The Labute approximate surface area is 220 Å². The monoisotopic (exact) mass is 519 g/mol. The van der Waals surface area contributed by atoms with Gasteiger partial charge in [-0.3, -0.25) is 9.69 Å². The highest BCUT2D eigenvalue weighted by molar-refractivity contribution is 8.19. The number of anilines is 2. The number of hydrogen-bond donors (Lipinski definition) is 1. The Balaban J connectivity index is 1.58. The van der Waals surface area contributed by atoms with E-state index in [1.54, 1.807) is 31.0 Å². The molecule has 1 aliphatic carbocycles. The largest absolute Gasteiger partial charge is 0.497 e. The zero-order chi connectivity index (χ0) is 25.2. The summed E-state index contributed by atoms with van der Waals surface area (Å²) >= 11 is 3.05. The Kier molecular flexibility index (Phi) is 7.17. The van der Waals surface area contributed by atoms with Crippen LogP contribution in [0.5, 0.6) is 5.75 Å². The number of thioether (sulfide) groups is 2. The van der Waals surface area contributed by atoms with E-state index in [1.807, 2.05) is 43.1 Å². The van der Waals surface area contributed by atoms with Crippen LogP contribution in [0.2, 0.25) is 0 Å². The summed E-state index contributed by atoms with van der Waals surface area (Å²) in [5.41, 5.74) is 3.11. The van der Waals surface area contributed by atoms with Gasteiger partial charge in [0.25, 0.3) is 5.91 Å². The van der Waals surface area contributed by atoms with Crippen molar-refractivity contribution in [2.45, 2.75) is 50.0 Å². The van der Waals surface area contributed by atoms with E-state index in [-0.39, 0.29) is 11.9 Å². The van der Waals surface area contributed by atoms with Crippen molar-refractivity contribution in [3.05, 3.63) is 51.9 Å². The molecule has 2 aromatic carbocycles. The van der Waals surface area contributed by atoms with E-state index in [0.29, 0.717) is 21.3 Å². The second-order valence-corrected chi connectivity index (χ2v) is 11.0. The number of nitrogens with one attached hydrogen (secondary N) is 1. The van der Waals surface area contributed by atoms with Crippen LogP contribution in [0.25, 0.3) is 0 Å². The van der Waals surface area contributed by atoms with Gasteiger partial charge in [0.2, 0.25) is 0 Å². The van der Waals surface area contributed by atoms with Crippen LogP contribution in [0, 0.1) is 11.3 Å². The number of aliphatic imine (C=N–C) groups is 1. The molecule has 0 bridgehead atoms. The van der Waals surface area contributed by atoms with Crippen molar-refractivity contribution in [2.75, 3.05) is 30.9 Å². The maximum absolute atomic E-state index is 14.0. The maximum atomic E-state index is 14.0. The van der Waals surface area contributed by atoms with Crippen molar-refractivity contribution in [2.24, 2.45) is 4.99 Å². The first-order chi connectivity index (χ1) is 17.5. The Morgan fingerprint density at radius 3 is 2.69 bits per heavy atom. The third-order valence-corrected chi connectivity index (χ3v) is 9.10. The smallest absolute Gasteiger partial charge is 0.269 e. The molecular weight excluding hydrogens is 490 g/mol. The average molecular weight is 520 g/mol. The minimum Gasteiger partial charge on any atom is -0.497 e. The second kappa shape index (κ2) is 10.5. The van der Waals surface area contributed by atoms with Gasteiger partial charge in [-0.05, 0) is 61.9 Å². The molecule has 0 radical (unpaired) electrons. The zero-order valence-corrected chi connectivity index (χ0v) is 22.3. The predicted molar refractivity (Wildman–Crippen MR) is 148 cm³/mol. The number of hydrogen-bond acceptors (Lipinski definition) is 8. The van der Waals surface area contributed by atoms with Gasteiger partial charge in [0.15, 0.2) is 5.17 Å². The molecule has 5 rings (SSSR count). The minimum absolute atomic E-state index is 0.0150. The van der Waals surface area contributed by atoms with Crippen LogP contribution >= 0.6 is 23.5 Å². The molecule has 0 spiro atoms. The van der Waals surface area contributed by atoms with Crippen molar-refractivity contribution in [1.82, 2.24) is 4.90 Å². The lowest BCUT2D eigenvalue weighted by Crippen LogP contribution is -2.40. The highest BCUT2D eigenvalue weighted by Crippen LogP contribution is 2.51. The van der Waals surface area contributed by atoms with Crippen LogP contribution in [0.4, 0.5) is 17.1 Å². The number of rotatable bonds is 5. The van der Waals surface area contributed by atoms with E-state index < -0.39 is 0 Å². The van der Waals surface area contributed by atoms with E-state index in [4.69, 9.17) is 9.73 Å². The molecule has 1 saturated carbocycles. The molecule has 7 nitrogen and oxygen atoms in total. The minimum atomic E-state index is 0.0150. The fourth-order valence-corrected chi connectivity index (χ4v) is 7.22.